The first kappa shape index (κ1) is 23.3. The molecule has 6 aromatic rings. The van der Waals surface area contributed by atoms with Crippen LogP contribution >= 0.6 is 0 Å². The Labute approximate surface area is 216 Å². The number of ether oxygens (including phenoxy) is 1. The topological polar surface area (TPSA) is 66.0 Å². The summed E-state index contributed by atoms with van der Waals surface area (Å²) in [7, 11) is 1.62. The van der Waals surface area contributed by atoms with Crippen molar-refractivity contribution in [3.05, 3.63) is 115 Å². The Kier molecular flexibility index (Phi) is 5.97. The highest BCUT2D eigenvalue weighted by Gasteiger charge is 2.19. The van der Waals surface area contributed by atoms with E-state index in [-0.39, 0.29) is 11.6 Å². The van der Waals surface area contributed by atoms with Crippen LogP contribution in [0.15, 0.2) is 108 Å². The zero-order valence-electron chi connectivity index (χ0n) is 20.2. The van der Waals surface area contributed by atoms with Gasteiger partial charge in [0.1, 0.15) is 28.8 Å². The predicted molar refractivity (Wildman–Crippen MR) is 140 cm³/mol. The van der Waals surface area contributed by atoms with Crippen LogP contribution in [0.3, 0.4) is 0 Å². The molecule has 0 amide bonds. The minimum Gasteiger partial charge on any atom is -0.496 e. The maximum Gasteiger partial charge on any atom is 0.227 e. The molecular weight excluding hydrogens is 486 g/mol. The summed E-state index contributed by atoms with van der Waals surface area (Å²) in [6.07, 6.45) is 1.83. The van der Waals surface area contributed by atoms with E-state index >= 15 is 0 Å². The minimum absolute atomic E-state index is 0.349. The summed E-state index contributed by atoms with van der Waals surface area (Å²) < 4.78 is 40.4. The SMILES string of the molecule is COc1ccccc1-c1cn(-c2ccc(-c3nc(-c4ccc(F)cc4)c(-c4ccc(F)cc4)o3)cc2)nn1. The van der Waals surface area contributed by atoms with E-state index < -0.39 is 0 Å². The fourth-order valence-corrected chi connectivity index (χ4v) is 4.17. The minimum atomic E-state index is -0.352. The van der Waals surface area contributed by atoms with E-state index in [4.69, 9.17) is 14.1 Å². The lowest BCUT2D eigenvalue weighted by molar-refractivity contribution is 0.416. The van der Waals surface area contributed by atoms with Gasteiger partial charge in [0.05, 0.1) is 19.0 Å². The van der Waals surface area contributed by atoms with Gasteiger partial charge in [-0.05, 0) is 84.9 Å². The Morgan fingerprint density at radius 3 is 2.05 bits per heavy atom. The van der Waals surface area contributed by atoms with Gasteiger partial charge in [-0.15, -0.1) is 5.10 Å². The zero-order valence-corrected chi connectivity index (χ0v) is 20.2. The molecule has 0 fully saturated rings. The third kappa shape index (κ3) is 4.43. The average Bonchev–Trinajstić information content (AvgIpc) is 3.63. The van der Waals surface area contributed by atoms with Crippen molar-refractivity contribution in [2.24, 2.45) is 0 Å². The molecule has 8 heteroatoms. The number of hydrogen-bond donors (Lipinski definition) is 0. The largest absolute Gasteiger partial charge is 0.496 e. The molecule has 0 saturated heterocycles. The molecule has 0 unspecified atom stereocenters. The van der Waals surface area contributed by atoms with Crippen molar-refractivity contribution in [3.8, 4) is 56.7 Å². The molecule has 0 radical (unpaired) electrons. The summed E-state index contributed by atoms with van der Waals surface area (Å²) in [5.41, 5.74) is 4.94. The van der Waals surface area contributed by atoms with Gasteiger partial charge < -0.3 is 9.15 Å². The van der Waals surface area contributed by atoms with Crippen molar-refractivity contribution in [1.82, 2.24) is 20.0 Å². The molecule has 38 heavy (non-hydrogen) atoms. The fourth-order valence-electron chi connectivity index (χ4n) is 4.17. The van der Waals surface area contributed by atoms with Gasteiger partial charge in [0, 0.05) is 22.3 Å². The highest BCUT2D eigenvalue weighted by molar-refractivity contribution is 5.79. The molecule has 0 atom stereocenters. The number of rotatable bonds is 6. The average molecular weight is 507 g/mol. The van der Waals surface area contributed by atoms with E-state index in [0.29, 0.717) is 39.9 Å². The first-order valence-electron chi connectivity index (χ1n) is 11.8. The molecule has 0 saturated carbocycles. The first-order chi connectivity index (χ1) is 18.6. The molecule has 186 valence electrons. The van der Waals surface area contributed by atoms with Crippen molar-refractivity contribution in [2.75, 3.05) is 7.11 Å². The molecule has 0 aliphatic carbocycles. The molecule has 6 nitrogen and oxygen atoms in total. The molecule has 0 aliphatic heterocycles. The summed E-state index contributed by atoms with van der Waals surface area (Å²) in [4.78, 5) is 4.71. The lowest BCUT2D eigenvalue weighted by Crippen LogP contribution is -1.94. The highest BCUT2D eigenvalue weighted by Crippen LogP contribution is 2.36. The smallest absolute Gasteiger partial charge is 0.227 e. The van der Waals surface area contributed by atoms with E-state index in [2.05, 4.69) is 10.3 Å². The normalized spacial score (nSPS) is 11.0. The van der Waals surface area contributed by atoms with Crippen LogP contribution < -0.4 is 4.74 Å². The quantitative estimate of drug-likeness (QED) is 0.239. The third-order valence-electron chi connectivity index (χ3n) is 6.11. The van der Waals surface area contributed by atoms with Crippen molar-refractivity contribution < 1.29 is 17.9 Å². The van der Waals surface area contributed by atoms with Crippen molar-refractivity contribution >= 4 is 0 Å². The van der Waals surface area contributed by atoms with Gasteiger partial charge in [0.2, 0.25) is 5.89 Å². The van der Waals surface area contributed by atoms with E-state index in [1.165, 1.54) is 24.3 Å². The van der Waals surface area contributed by atoms with Crippen LogP contribution in [0.25, 0.3) is 51.0 Å². The van der Waals surface area contributed by atoms with E-state index in [9.17, 15) is 8.78 Å². The Balaban J connectivity index is 1.35. The number of halogens is 2. The molecule has 2 heterocycles. The number of nitrogens with zero attached hydrogens (tertiary/aromatic N) is 4. The standard InChI is InChI=1S/C30H20F2N4O2/c1-37-27-5-3-2-4-25(27)26-18-36(35-34-26)24-16-10-21(11-17-24)30-33-28(19-6-12-22(31)13-7-19)29(38-30)20-8-14-23(32)15-9-20/h2-18H,1H3. The van der Waals surface area contributed by atoms with Crippen LogP contribution in [0.4, 0.5) is 8.78 Å². The van der Waals surface area contributed by atoms with Crippen molar-refractivity contribution in [2.45, 2.75) is 0 Å². The molecule has 2 aromatic heterocycles. The molecule has 6 rings (SSSR count). The summed E-state index contributed by atoms with van der Waals surface area (Å²) in [5.74, 6) is 0.859. The Morgan fingerprint density at radius 1 is 0.737 bits per heavy atom. The number of methoxy groups -OCH3 is 1. The summed E-state index contributed by atoms with van der Waals surface area (Å²) >= 11 is 0. The van der Waals surface area contributed by atoms with E-state index in [0.717, 1.165) is 16.8 Å². The second-order valence-corrected chi connectivity index (χ2v) is 8.51. The van der Waals surface area contributed by atoms with Crippen LogP contribution in [-0.4, -0.2) is 27.1 Å². The van der Waals surface area contributed by atoms with Crippen LogP contribution in [0, 0.1) is 11.6 Å². The molecule has 0 aliphatic rings. The van der Waals surface area contributed by atoms with Crippen LogP contribution in [0.1, 0.15) is 0 Å². The maximum absolute atomic E-state index is 13.6. The third-order valence-corrected chi connectivity index (χ3v) is 6.11. The van der Waals surface area contributed by atoms with Crippen LogP contribution in [0.2, 0.25) is 0 Å². The molecule has 0 bridgehead atoms. The summed E-state index contributed by atoms with van der Waals surface area (Å²) in [6, 6.07) is 27.1. The van der Waals surface area contributed by atoms with E-state index in [1.807, 2.05) is 54.7 Å². The number of oxazole rings is 1. The fraction of sp³-hybridized carbons (Fsp3) is 0.0333. The Hall–Kier alpha value is -5.11. The van der Waals surface area contributed by atoms with Gasteiger partial charge in [-0.3, -0.25) is 0 Å². The molecule has 0 N–H and O–H groups in total. The summed E-state index contributed by atoms with van der Waals surface area (Å²) in [5, 5.41) is 8.56. The molecular formula is C30H20F2N4O2. The second-order valence-electron chi connectivity index (χ2n) is 8.51. The van der Waals surface area contributed by atoms with Crippen LogP contribution in [0.5, 0.6) is 5.75 Å². The summed E-state index contributed by atoms with van der Waals surface area (Å²) in [6.45, 7) is 0. The Bertz CT molecular complexity index is 1640. The van der Waals surface area contributed by atoms with Crippen LogP contribution in [-0.2, 0) is 0 Å². The van der Waals surface area contributed by atoms with Crippen molar-refractivity contribution in [1.29, 1.82) is 0 Å². The monoisotopic (exact) mass is 506 g/mol. The Morgan fingerprint density at radius 2 is 1.37 bits per heavy atom. The number of benzene rings is 4. The number of aromatic nitrogens is 4. The lowest BCUT2D eigenvalue weighted by atomic mass is 10.1. The van der Waals surface area contributed by atoms with Gasteiger partial charge in [0.15, 0.2) is 5.76 Å². The van der Waals surface area contributed by atoms with E-state index in [1.54, 1.807) is 36.1 Å². The van der Waals surface area contributed by atoms with Gasteiger partial charge >= 0.3 is 0 Å². The van der Waals surface area contributed by atoms with Gasteiger partial charge in [-0.2, -0.15) is 0 Å². The van der Waals surface area contributed by atoms with Gasteiger partial charge in [-0.25, -0.2) is 18.4 Å². The number of hydrogen-bond acceptors (Lipinski definition) is 5. The molecule has 4 aromatic carbocycles. The highest BCUT2D eigenvalue weighted by atomic mass is 19.1. The predicted octanol–water partition coefficient (Wildman–Crippen LogP) is 7.21. The second kappa shape index (κ2) is 9.74. The molecule has 0 spiro atoms. The first-order valence-corrected chi connectivity index (χ1v) is 11.8. The zero-order chi connectivity index (χ0) is 26.1. The van der Waals surface area contributed by atoms with Crippen molar-refractivity contribution in [3.63, 3.8) is 0 Å². The van der Waals surface area contributed by atoms with Gasteiger partial charge in [-0.1, -0.05) is 17.3 Å². The maximum atomic E-state index is 13.6. The van der Waals surface area contributed by atoms with Gasteiger partial charge in [0.25, 0.3) is 0 Å². The number of para-hydroxylation sites is 1. The lowest BCUT2D eigenvalue weighted by Gasteiger charge is -2.04.